The van der Waals surface area contributed by atoms with Gasteiger partial charge in [-0.25, -0.2) is 9.63 Å². The van der Waals surface area contributed by atoms with E-state index in [1.807, 2.05) is 23.7 Å². The van der Waals surface area contributed by atoms with Crippen LogP contribution in [0.1, 0.15) is 32.8 Å². The Bertz CT molecular complexity index is 514. The molecular formula is C15H19NO5. The highest BCUT2D eigenvalue weighted by Crippen LogP contribution is 2.14. The first-order valence-corrected chi connectivity index (χ1v) is 6.59. The van der Waals surface area contributed by atoms with E-state index in [9.17, 15) is 14.4 Å². The molecule has 0 fully saturated rings. The minimum Gasteiger partial charge on any atom is -0.443 e. The van der Waals surface area contributed by atoms with Crippen LogP contribution in [0, 0.1) is 0 Å². The molecule has 1 rings (SSSR count). The lowest BCUT2D eigenvalue weighted by Gasteiger charge is -2.24. The van der Waals surface area contributed by atoms with Crippen molar-refractivity contribution >= 4 is 17.7 Å². The maximum Gasteiger partial charge on any atom is 0.431 e. The maximum atomic E-state index is 11.7. The molecule has 1 N–H and O–H groups in total. The fourth-order valence-electron chi connectivity index (χ4n) is 1.56. The van der Waals surface area contributed by atoms with Gasteiger partial charge in [0.1, 0.15) is 6.61 Å². The number of benzene rings is 1. The summed E-state index contributed by atoms with van der Waals surface area (Å²) >= 11 is 0. The van der Waals surface area contributed by atoms with E-state index in [4.69, 9.17) is 9.57 Å². The molecule has 114 valence electrons. The number of carbonyl (C=O) groups excluding carboxylic acids is 3. The third-order valence-corrected chi connectivity index (χ3v) is 3.08. The van der Waals surface area contributed by atoms with Crippen molar-refractivity contribution in [1.29, 1.82) is 0 Å². The fourth-order valence-corrected chi connectivity index (χ4v) is 1.56. The van der Waals surface area contributed by atoms with Gasteiger partial charge in [-0.05, 0) is 19.4 Å². The number of nitrogens with one attached hydrogen (secondary N) is 1. The molecule has 0 saturated heterocycles. The quantitative estimate of drug-likeness (QED) is 0.615. The molecule has 0 spiro atoms. The molecule has 0 heterocycles. The van der Waals surface area contributed by atoms with Crippen molar-refractivity contribution in [3.8, 4) is 0 Å². The van der Waals surface area contributed by atoms with Gasteiger partial charge in [-0.2, -0.15) is 5.48 Å². The number of ether oxygens (including phenoxy) is 1. The van der Waals surface area contributed by atoms with Crippen LogP contribution >= 0.6 is 0 Å². The Labute approximate surface area is 123 Å². The summed E-state index contributed by atoms with van der Waals surface area (Å²) < 4.78 is 4.92. The molecule has 0 aromatic heterocycles. The fraction of sp³-hybridized carbons (Fsp3) is 0.400. The van der Waals surface area contributed by atoms with Crippen molar-refractivity contribution in [2.75, 3.05) is 0 Å². The minimum atomic E-state index is -1.69. The van der Waals surface area contributed by atoms with Crippen molar-refractivity contribution in [3.05, 3.63) is 35.9 Å². The molecule has 0 unspecified atom stereocenters. The smallest absolute Gasteiger partial charge is 0.431 e. The number of hydrogen-bond donors (Lipinski definition) is 1. The normalized spacial score (nSPS) is 13.1. The van der Waals surface area contributed by atoms with E-state index < -0.39 is 23.3 Å². The van der Waals surface area contributed by atoms with Crippen molar-refractivity contribution in [2.24, 2.45) is 0 Å². The van der Waals surface area contributed by atoms with Gasteiger partial charge in [0, 0.05) is 6.42 Å². The molecule has 6 nitrogen and oxygen atoms in total. The van der Waals surface area contributed by atoms with E-state index in [0.717, 1.165) is 5.56 Å². The van der Waals surface area contributed by atoms with Gasteiger partial charge < -0.3 is 4.74 Å². The van der Waals surface area contributed by atoms with Gasteiger partial charge in [-0.1, -0.05) is 37.3 Å². The molecule has 0 bridgehead atoms. The number of ketones is 2. The number of Topliss-reactive ketones (excluding diaryl/α,β-unsaturated/α-hetero) is 2. The zero-order valence-corrected chi connectivity index (χ0v) is 12.3. The van der Waals surface area contributed by atoms with E-state index in [1.54, 1.807) is 19.1 Å². The Balaban J connectivity index is 2.51. The predicted octanol–water partition coefficient (Wildman–Crippen LogP) is 2.17. The highest BCUT2D eigenvalue weighted by Gasteiger charge is 2.39. The second kappa shape index (κ2) is 7.54. The first-order chi connectivity index (χ1) is 9.90. The molecular weight excluding hydrogens is 274 g/mol. The predicted molar refractivity (Wildman–Crippen MR) is 75.2 cm³/mol. The zero-order chi connectivity index (χ0) is 15.9. The van der Waals surface area contributed by atoms with Crippen LogP contribution in [0.3, 0.4) is 0 Å². The number of amides is 1. The highest BCUT2D eigenvalue weighted by molar-refractivity contribution is 6.08. The van der Waals surface area contributed by atoms with Crippen LogP contribution in [0.25, 0.3) is 0 Å². The SMILES string of the molecule is CCC(=O)[C@](C)(ONC(=O)OCc1ccccc1)C(C)=O. The monoisotopic (exact) mass is 293 g/mol. The number of rotatable bonds is 7. The van der Waals surface area contributed by atoms with Crippen LogP contribution in [-0.4, -0.2) is 23.3 Å². The van der Waals surface area contributed by atoms with E-state index in [2.05, 4.69) is 0 Å². The topological polar surface area (TPSA) is 81.7 Å². The lowest BCUT2D eigenvalue weighted by Crippen LogP contribution is -2.49. The van der Waals surface area contributed by atoms with Crippen molar-refractivity contribution in [1.82, 2.24) is 5.48 Å². The lowest BCUT2D eigenvalue weighted by atomic mass is 9.95. The Morgan fingerprint density at radius 3 is 2.33 bits per heavy atom. The largest absolute Gasteiger partial charge is 0.443 e. The summed E-state index contributed by atoms with van der Waals surface area (Å²) in [6, 6.07) is 9.09. The van der Waals surface area contributed by atoms with Gasteiger partial charge in [-0.3, -0.25) is 9.59 Å². The van der Waals surface area contributed by atoms with Gasteiger partial charge in [0.2, 0.25) is 5.60 Å². The number of hydrogen-bond acceptors (Lipinski definition) is 5. The summed E-state index contributed by atoms with van der Waals surface area (Å²) in [5, 5.41) is 0. The van der Waals surface area contributed by atoms with Crippen LogP contribution in [-0.2, 0) is 25.8 Å². The maximum absolute atomic E-state index is 11.7. The third-order valence-electron chi connectivity index (χ3n) is 3.08. The number of hydroxylamine groups is 1. The van der Waals surface area contributed by atoms with Crippen LogP contribution in [0.15, 0.2) is 30.3 Å². The molecule has 0 saturated carbocycles. The summed E-state index contributed by atoms with van der Waals surface area (Å²) in [5.74, 6) is -0.906. The van der Waals surface area contributed by atoms with Crippen LogP contribution in [0.5, 0.6) is 0 Å². The molecule has 0 radical (unpaired) electrons. The van der Waals surface area contributed by atoms with E-state index in [1.165, 1.54) is 13.8 Å². The summed E-state index contributed by atoms with van der Waals surface area (Å²) in [7, 11) is 0. The third kappa shape index (κ3) is 4.68. The van der Waals surface area contributed by atoms with Gasteiger partial charge in [0.25, 0.3) is 0 Å². The molecule has 1 amide bonds. The first kappa shape index (κ1) is 16.8. The summed E-state index contributed by atoms with van der Waals surface area (Å²) in [6.07, 6.45) is -0.744. The second-order valence-electron chi connectivity index (χ2n) is 4.63. The average molecular weight is 293 g/mol. The molecule has 0 aliphatic rings. The molecule has 21 heavy (non-hydrogen) atoms. The van der Waals surface area contributed by atoms with E-state index in [0.29, 0.717) is 0 Å². The van der Waals surface area contributed by atoms with Gasteiger partial charge in [0.05, 0.1) is 0 Å². The highest BCUT2D eigenvalue weighted by atomic mass is 16.7. The summed E-state index contributed by atoms with van der Waals surface area (Å²) in [5.41, 5.74) is 1.10. The number of carbonyl (C=O) groups is 3. The molecule has 1 aromatic rings. The molecule has 1 aromatic carbocycles. The molecule has 6 heteroatoms. The Morgan fingerprint density at radius 2 is 1.81 bits per heavy atom. The van der Waals surface area contributed by atoms with Gasteiger partial charge in [0.15, 0.2) is 11.6 Å². The summed E-state index contributed by atoms with van der Waals surface area (Å²) in [4.78, 5) is 39.7. The van der Waals surface area contributed by atoms with Crippen LogP contribution < -0.4 is 5.48 Å². The zero-order valence-electron chi connectivity index (χ0n) is 12.3. The minimum absolute atomic E-state index is 0.0640. The molecule has 1 atom stereocenters. The van der Waals surface area contributed by atoms with E-state index >= 15 is 0 Å². The Morgan fingerprint density at radius 1 is 1.19 bits per heavy atom. The molecule has 0 aliphatic heterocycles. The Kier molecular flexibility index (Phi) is 6.05. The van der Waals surface area contributed by atoms with Crippen LogP contribution in [0.2, 0.25) is 0 Å². The second-order valence-corrected chi connectivity index (χ2v) is 4.63. The van der Waals surface area contributed by atoms with Crippen molar-refractivity contribution in [2.45, 2.75) is 39.4 Å². The van der Waals surface area contributed by atoms with Crippen molar-refractivity contribution in [3.63, 3.8) is 0 Å². The van der Waals surface area contributed by atoms with E-state index in [-0.39, 0.29) is 13.0 Å². The lowest BCUT2D eigenvalue weighted by molar-refractivity contribution is -0.162. The first-order valence-electron chi connectivity index (χ1n) is 6.59. The Hall–Kier alpha value is -2.21. The summed E-state index contributed by atoms with van der Waals surface area (Å²) in [6.45, 7) is 4.22. The molecule has 0 aliphatic carbocycles. The average Bonchev–Trinajstić information content (AvgIpc) is 2.50. The van der Waals surface area contributed by atoms with Gasteiger partial charge in [-0.15, -0.1) is 0 Å². The van der Waals surface area contributed by atoms with Crippen LogP contribution in [0.4, 0.5) is 4.79 Å². The van der Waals surface area contributed by atoms with Gasteiger partial charge >= 0.3 is 6.09 Å². The standard InChI is InChI=1S/C15H19NO5/c1-4-13(18)15(3,11(2)17)21-16-14(19)20-10-12-8-6-5-7-9-12/h5-9H,4,10H2,1-3H3,(H,16,19)/t15-/m1/s1. The van der Waals surface area contributed by atoms with Crippen molar-refractivity contribution < 1.29 is 24.0 Å².